The van der Waals surface area contributed by atoms with E-state index in [9.17, 15) is 0 Å². The molecule has 0 radical (unpaired) electrons. The lowest BCUT2D eigenvalue weighted by Gasteiger charge is -2.11. The normalized spacial score (nSPS) is 11.6. The van der Waals surface area contributed by atoms with Crippen molar-refractivity contribution in [2.24, 2.45) is 0 Å². The van der Waals surface area contributed by atoms with Gasteiger partial charge in [0.1, 0.15) is 16.7 Å². The molecule has 0 saturated heterocycles. The average Bonchev–Trinajstić information content (AvgIpc) is 3.81. The van der Waals surface area contributed by atoms with Gasteiger partial charge in [-0.1, -0.05) is 121 Å². The maximum atomic E-state index is 6.58. The molecule has 10 rings (SSSR count). The number of benzene rings is 7. The summed E-state index contributed by atoms with van der Waals surface area (Å²) >= 11 is 0. The molecule has 0 aliphatic carbocycles. The van der Waals surface area contributed by atoms with Gasteiger partial charge in [-0.2, -0.15) is 0 Å². The molecule has 234 valence electrons. The van der Waals surface area contributed by atoms with Crippen molar-refractivity contribution in [3.8, 4) is 56.7 Å². The maximum Gasteiger partial charge on any atom is 0.227 e. The summed E-state index contributed by atoms with van der Waals surface area (Å²) in [7, 11) is 0. The minimum Gasteiger partial charge on any atom is -0.456 e. The van der Waals surface area contributed by atoms with Crippen molar-refractivity contribution in [1.29, 1.82) is 0 Å². The summed E-state index contributed by atoms with van der Waals surface area (Å²) in [4.78, 5) is 19.7. The van der Waals surface area contributed by atoms with Gasteiger partial charge in [0, 0.05) is 38.4 Å². The Morgan fingerprint density at radius 1 is 0.360 bits per heavy atom. The molecule has 10 aromatic rings. The van der Waals surface area contributed by atoms with E-state index in [-0.39, 0.29) is 0 Å². The van der Waals surface area contributed by atoms with Crippen LogP contribution in [0.25, 0.3) is 101 Å². The zero-order valence-corrected chi connectivity index (χ0v) is 26.6. The van der Waals surface area contributed by atoms with Gasteiger partial charge >= 0.3 is 0 Å². The van der Waals surface area contributed by atoms with Crippen LogP contribution in [0.4, 0.5) is 0 Å². The SMILES string of the molecule is c1ccc(-c2nc(-c3ccccc3)nc(-c3ccc(-c4cc5nc(-c6ccccc6)oc5c5c4ccc4oc6ccccc6c45)cc3)n2)cc1. The van der Waals surface area contributed by atoms with E-state index in [4.69, 9.17) is 28.8 Å². The highest BCUT2D eigenvalue weighted by atomic mass is 16.3. The monoisotopic (exact) mass is 642 g/mol. The third-order valence-corrected chi connectivity index (χ3v) is 9.17. The molecule has 3 heterocycles. The highest BCUT2D eigenvalue weighted by Crippen LogP contribution is 2.43. The van der Waals surface area contributed by atoms with Gasteiger partial charge in [0.25, 0.3) is 0 Å². The second kappa shape index (κ2) is 11.4. The molecule has 0 fully saturated rings. The molecule has 0 atom stereocenters. The van der Waals surface area contributed by atoms with Gasteiger partial charge in [0.05, 0.1) is 0 Å². The van der Waals surface area contributed by atoms with Gasteiger partial charge in [-0.25, -0.2) is 19.9 Å². The molecule has 6 heteroatoms. The number of nitrogens with zero attached hydrogens (tertiary/aromatic N) is 4. The number of oxazole rings is 1. The summed E-state index contributed by atoms with van der Waals surface area (Å²) in [6.07, 6.45) is 0. The standard InChI is InChI=1S/C44H26N4O2/c1-4-12-28(13-5-1)41-46-42(29-14-6-2-7-15-29)48-43(47-41)30-22-20-27(21-23-30)34-26-35-40(50-44(45-35)31-16-8-3-9-17-31)39-32(34)24-25-37-38(39)33-18-10-11-19-36(33)49-37/h1-26H. The number of para-hydroxylation sites is 1. The topological polar surface area (TPSA) is 77.8 Å². The van der Waals surface area contributed by atoms with Crippen molar-refractivity contribution >= 4 is 43.8 Å². The van der Waals surface area contributed by atoms with Crippen LogP contribution in [0.15, 0.2) is 167 Å². The van der Waals surface area contributed by atoms with Crippen molar-refractivity contribution in [2.75, 3.05) is 0 Å². The first kappa shape index (κ1) is 28.1. The van der Waals surface area contributed by atoms with Gasteiger partial charge in [0.15, 0.2) is 23.1 Å². The predicted octanol–water partition coefficient (Wildman–Crippen LogP) is 11.4. The van der Waals surface area contributed by atoms with Crippen LogP contribution in [0.1, 0.15) is 0 Å². The van der Waals surface area contributed by atoms with E-state index in [2.05, 4.69) is 48.5 Å². The van der Waals surface area contributed by atoms with Crippen molar-refractivity contribution < 1.29 is 8.83 Å². The molecule has 0 saturated carbocycles. The Morgan fingerprint density at radius 2 is 0.900 bits per heavy atom. The fourth-order valence-electron chi connectivity index (χ4n) is 6.78. The molecule has 0 bridgehead atoms. The largest absolute Gasteiger partial charge is 0.456 e. The molecule has 6 nitrogen and oxygen atoms in total. The Morgan fingerprint density at radius 3 is 1.54 bits per heavy atom. The Hall–Kier alpha value is -6.92. The fourth-order valence-corrected chi connectivity index (χ4v) is 6.78. The molecule has 7 aromatic carbocycles. The van der Waals surface area contributed by atoms with Gasteiger partial charge in [-0.05, 0) is 52.9 Å². The number of aromatic nitrogens is 4. The number of fused-ring (bicyclic) bond motifs is 7. The molecule has 50 heavy (non-hydrogen) atoms. The van der Waals surface area contributed by atoms with Crippen molar-refractivity contribution in [2.45, 2.75) is 0 Å². The average molecular weight is 643 g/mol. The van der Waals surface area contributed by atoms with Crippen LogP contribution in [0.3, 0.4) is 0 Å². The van der Waals surface area contributed by atoms with Crippen LogP contribution in [-0.2, 0) is 0 Å². The Labute approximate surface area is 286 Å². The van der Waals surface area contributed by atoms with E-state index in [0.717, 1.165) is 77.2 Å². The summed E-state index contributed by atoms with van der Waals surface area (Å²) in [6.45, 7) is 0. The van der Waals surface area contributed by atoms with Crippen LogP contribution in [0.2, 0.25) is 0 Å². The summed E-state index contributed by atoms with van der Waals surface area (Å²) in [6, 6.07) is 52.9. The molecule has 3 aromatic heterocycles. The molecule has 0 N–H and O–H groups in total. The Kier molecular flexibility index (Phi) is 6.39. The van der Waals surface area contributed by atoms with E-state index >= 15 is 0 Å². The lowest BCUT2D eigenvalue weighted by atomic mass is 9.94. The lowest BCUT2D eigenvalue weighted by molar-refractivity contribution is 0.623. The van der Waals surface area contributed by atoms with Crippen molar-refractivity contribution in [3.05, 3.63) is 158 Å². The van der Waals surface area contributed by atoms with Crippen LogP contribution in [-0.4, -0.2) is 19.9 Å². The highest BCUT2D eigenvalue weighted by molar-refractivity contribution is 6.27. The smallest absolute Gasteiger partial charge is 0.227 e. The maximum absolute atomic E-state index is 6.58. The van der Waals surface area contributed by atoms with Crippen LogP contribution >= 0.6 is 0 Å². The lowest BCUT2D eigenvalue weighted by Crippen LogP contribution is -2.00. The van der Waals surface area contributed by atoms with Gasteiger partial charge in [0.2, 0.25) is 5.89 Å². The predicted molar refractivity (Wildman–Crippen MR) is 199 cm³/mol. The molecular weight excluding hydrogens is 617 g/mol. The Bertz CT molecular complexity index is 2790. The van der Waals surface area contributed by atoms with E-state index in [1.54, 1.807) is 0 Å². The van der Waals surface area contributed by atoms with Crippen LogP contribution < -0.4 is 0 Å². The van der Waals surface area contributed by atoms with Gasteiger partial charge in [-0.15, -0.1) is 0 Å². The third-order valence-electron chi connectivity index (χ3n) is 9.17. The summed E-state index contributed by atoms with van der Waals surface area (Å²) in [5.74, 6) is 2.45. The third kappa shape index (κ3) is 4.65. The first-order valence-corrected chi connectivity index (χ1v) is 16.5. The minimum absolute atomic E-state index is 0.581. The molecule has 0 aliphatic heterocycles. The van der Waals surface area contributed by atoms with Crippen molar-refractivity contribution in [1.82, 2.24) is 19.9 Å². The van der Waals surface area contributed by atoms with E-state index in [1.807, 2.05) is 109 Å². The molecule has 0 aliphatic rings. The Balaban J connectivity index is 1.16. The second-order valence-electron chi connectivity index (χ2n) is 12.2. The van der Waals surface area contributed by atoms with Crippen LogP contribution in [0, 0.1) is 0 Å². The van der Waals surface area contributed by atoms with Crippen LogP contribution in [0.5, 0.6) is 0 Å². The number of furan rings is 1. The van der Waals surface area contributed by atoms with E-state index in [0.29, 0.717) is 23.4 Å². The number of hydrogen-bond acceptors (Lipinski definition) is 6. The molecular formula is C44H26N4O2. The fraction of sp³-hybridized carbons (Fsp3) is 0. The van der Waals surface area contributed by atoms with E-state index < -0.39 is 0 Å². The number of hydrogen-bond donors (Lipinski definition) is 0. The molecule has 0 spiro atoms. The molecule has 0 unspecified atom stereocenters. The summed E-state index contributed by atoms with van der Waals surface area (Å²) < 4.78 is 12.9. The second-order valence-corrected chi connectivity index (χ2v) is 12.2. The zero-order valence-electron chi connectivity index (χ0n) is 26.6. The van der Waals surface area contributed by atoms with Gasteiger partial charge < -0.3 is 8.83 Å². The quantitative estimate of drug-likeness (QED) is 0.186. The van der Waals surface area contributed by atoms with E-state index in [1.165, 1.54) is 0 Å². The molecule has 0 amide bonds. The highest BCUT2D eigenvalue weighted by Gasteiger charge is 2.21. The first-order chi connectivity index (χ1) is 24.8. The van der Waals surface area contributed by atoms with Crippen molar-refractivity contribution in [3.63, 3.8) is 0 Å². The summed E-state index contributed by atoms with van der Waals surface area (Å²) in [5, 5.41) is 4.09. The van der Waals surface area contributed by atoms with Gasteiger partial charge in [-0.3, -0.25) is 0 Å². The summed E-state index contributed by atoms with van der Waals surface area (Å²) in [5.41, 5.74) is 8.94. The first-order valence-electron chi connectivity index (χ1n) is 16.5. The minimum atomic E-state index is 0.581. The number of rotatable bonds is 5. The zero-order chi connectivity index (χ0) is 33.0.